The minimum Gasteiger partial charge on any atom is -0.382 e. The number of nitrogen functional groups attached to an aromatic ring is 1. The molecular formula is C19H21N3. The third-order valence-electron chi connectivity index (χ3n) is 3.77. The van der Waals surface area contributed by atoms with Crippen LogP contribution in [0.5, 0.6) is 0 Å². The molecule has 22 heavy (non-hydrogen) atoms. The topological polar surface area (TPSA) is 43.8 Å². The molecule has 2 aromatic carbocycles. The van der Waals surface area contributed by atoms with Crippen molar-refractivity contribution in [3.8, 4) is 16.9 Å². The van der Waals surface area contributed by atoms with Gasteiger partial charge >= 0.3 is 0 Å². The smallest absolute Gasteiger partial charge is 0.146 e. The maximum Gasteiger partial charge on any atom is 0.146 e. The zero-order chi connectivity index (χ0) is 15.4. The largest absolute Gasteiger partial charge is 0.382 e. The van der Waals surface area contributed by atoms with Gasteiger partial charge in [-0.05, 0) is 36.6 Å². The summed E-state index contributed by atoms with van der Waals surface area (Å²) in [5.41, 5.74) is 10.5. The molecule has 0 aliphatic heterocycles. The second-order valence-corrected chi connectivity index (χ2v) is 5.51. The number of hydrogen-bond acceptors (Lipinski definition) is 2. The summed E-state index contributed by atoms with van der Waals surface area (Å²) < 4.78 is 1.91. The van der Waals surface area contributed by atoms with Crippen molar-refractivity contribution in [2.24, 2.45) is 0 Å². The van der Waals surface area contributed by atoms with Crippen LogP contribution in [-0.4, -0.2) is 9.78 Å². The molecule has 0 fully saturated rings. The quantitative estimate of drug-likeness (QED) is 0.754. The molecule has 0 unspecified atom stereocenters. The van der Waals surface area contributed by atoms with Gasteiger partial charge in [0, 0.05) is 11.6 Å². The molecule has 0 atom stereocenters. The fraction of sp³-hybridized carbons (Fsp3) is 0.211. The first-order valence-electron chi connectivity index (χ1n) is 7.78. The van der Waals surface area contributed by atoms with Crippen molar-refractivity contribution in [1.82, 2.24) is 9.78 Å². The van der Waals surface area contributed by atoms with Gasteiger partial charge in [-0.1, -0.05) is 49.7 Å². The number of anilines is 1. The van der Waals surface area contributed by atoms with Crippen molar-refractivity contribution >= 4 is 5.82 Å². The highest BCUT2D eigenvalue weighted by Crippen LogP contribution is 2.26. The van der Waals surface area contributed by atoms with Crippen LogP contribution in [0.2, 0.25) is 0 Å². The van der Waals surface area contributed by atoms with Gasteiger partial charge in [-0.3, -0.25) is 0 Å². The van der Waals surface area contributed by atoms with Crippen LogP contribution >= 0.6 is 0 Å². The monoisotopic (exact) mass is 291 g/mol. The Balaban J connectivity index is 2.02. The fourth-order valence-corrected chi connectivity index (χ4v) is 2.64. The lowest BCUT2D eigenvalue weighted by Gasteiger charge is -2.09. The number of unbranched alkanes of at least 4 members (excludes halogenated alkanes) is 1. The Morgan fingerprint density at radius 3 is 2.59 bits per heavy atom. The summed E-state index contributed by atoms with van der Waals surface area (Å²) in [6, 6.07) is 20.7. The van der Waals surface area contributed by atoms with Crippen LogP contribution in [0.25, 0.3) is 16.9 Å². The molecule has 3 heteroatoms. The Kier molecular flexibility index (Phi) is 4.24. The third-order valence-corrected chi connectivity index (χ3v) is 3.77. The highest BCUT2D eigenvalue weighted by Gasteiger charge is 2.10. The van der Waals surface area contributed by atoms with Crippen LogP contribution in [-0.2, 0) is 6.42 Å². The van der Waals surface area contributed by atoms with Gasteiger partial charge in [-0.25, -0.2) is 4.68 Å². The number of benzene rings is 2. The first-order chi connectivity index (χ1) is 10.8. The van der Waals surface area contributed by atoms with Crippen LogP contribution in [0, 0.1) is 0 Å². The minimum atomic E-state index is 0.540. The number of para-hydroxylation sites is 1. The van der Waals surface area contributed by atoms with Gasteiger partial charge in [-0.15, -0.1) is 0 Å². The molecule has 1 heterocycles. The molecule has 0 radical (unpaired) electrons. The van der Waals surface area contributed by atoms with E-state index in [1.54, 1.807) is 0 Å². The average molecular weight is 291 g/mol. The van der Waals surface area contributed by atoms with Crippen molar-refractivity contribution in [3.63, 3.8) is 0 Å². The van der Waals surface area contributed by atoms with Gasteiger partial charge < -0.3 is 5.73 Å². The van der Waals surface area contributed by atoms with E-state index in [1.165, 1.54) is 18.4 Å². The van der Waals surface area contributed by atoms with E-state index in [9.17, 15) is 0 Å². The van der Waals surface area contributed by atoms with Gasteiger partial charge in [0.1, 0.15) is 5.82 Å². The van der Waals surface area contributed by atoms with Gasteiger partial charge in [0.05, 0.1) is 11.4 Å². The Morgan fingerprint density at radius 2 is 1.82 bits per heavy atom. The minimum absolute atomic E-state index is 0.540. The SMILES string of the molecule is CCCCc1cccc(-c2cc(N)nn2-c2ccccc2)c1. The number of nitrogens with zero attached hydrogens (tertiary/aromatic N) is 2. The number of nitrogens with two attached hydrogens (primary N) is 1. The van der Waals surface area contributed by atoms with Gasteiger partial charge in [0.15, 0.2) is 0 Å². The van der Waals surface area contributed by atoms with Crippen molar-refractivity contribution in [2.45, 2.75) is 26.2 Å². The zero-order valence-corrected chi connectivity index (χ0v) is 12.9. The van der Waals surface area contributed by atoms with E-state index < -0.39 is 0 Å². The molecule has 0 amide bonds. The molecule has 112 valence electrons. The molecule has 3 nitrogen and oxygen atoms in total. The number of rotatable bonds is 5. The summed E-state index contributed by atoms with van der Waals surface area (Å²) in [6.45, 7) is 2.22. The molecule has 0 spiro atoms. The molecule has 3 rings (SSSR count). The normalized spacial score (nSPS) is 10.8. The average Bonchev–Trinajstić information content (AvgIpc) is 2.96. The summed E-state index contributed by atoms with van der Waals surface area (Å²) in [4.78, 5) is 0. The molecule has 0 aliphatic carbocycles. The predicted octanol–water partition coefficient (Wildman–Crippen LogP) is 4.46. The third kappa shape index (κ3) is 3.03. The lowest BCUT2D eigenvalue weighted by atomic mass is 10.0. The molecule has 2 N–H and O–H groups in total. The van der Waals surface area contributed by atoms with Crippen LogP contribution in [0.3, 0.4) is 0 Å². The van der Waals surface area contributed by atoms with Crippen LogP contribution in [0.1, 0.15) is 25.3 Å². The van der Waals surface area contributed by atoms with E-state index in [4.69, 9.17) is 5.73 Å². The number of hydrogen-bond donors (Lipinski definition) is 1. The lowest BCUT2D eigenvalue weighted by Crippen LogP contribution is -1.99. The molecular weight excluding hydrogens is 270 g/mol. The Morgan fingerprint density at radius 1 is 1.00 bits per heavy atom. The van der Waals surface area contributed by atoms with Crippen LogP contribution in [0.15, 0.2) is 60.7 Å². The summed E-state index contributed by atoms with van der Waals surface area (Å²) in [6.07, 6.45) is 3.53. The standard InChI is InChI=1S/C19H21N3/c1-2-3-8-15-9-7-10-16(13-15)18-14-19(20)21-22(18)17-11-5-4-6-12-17/h4-7,9-14H,2-3,8H2,1H3,(H2,20,21). The van der Waals surface area contributed by atoms with Crippen molar-refractivity contribution in [3.05, 3.63) is 66.2 Å². The second-order valence-electron chi connectivity index (χ2n) is 5.51. The van der Waals surface area contributed by atoms with Gasteiger partial charge in [0.25, 0.3) is 0 Å². The lowest BCUT2D eigenvalue weighted by molar-refractivity contribution is 0.795. The van der Waals surface area contributed by atoms with Crippen LogP contribution < -0.4 is 5.73 Å². The molecule has 0 saturated heterocycles. The predicted molar refractivity (Wildman–Crippen MR) is 92.0 cm³/mol. The first-order valence-corrected chi connectivity index (χ1v) is 7.78. The van der Waals surface area contributed by atoms with Crippen LogP contribution in [0.4, 0.5) is 5.82 Å². The molecule has 0 saturated carbocycles. The highest BCUT2D eigenvalue weighted by atomic mass is 15.3. The number of aromatic nitrogens is 2. The molecule has 3 aromatic rings. The summed E-state index contributed by atoms with van der Waals surface area (Å²) in [7, 11) is 0. The van der Waals surface area contributed by atoms with E-state index in [0.717, 1.165) is 23.4 Å². The van der Waals surface area contributed by atoms with E-state index in [1.807, 2.05) is 41.1 Å². The second kappa shape index (κ2) is 6.48. The molecule has 0 aliphatic rings. The molecule has 1 aromatic heterocycles. The zero-order valence-electron chi connectivity index (χ0n) is 12.9. The first kappa shape index (κ1) is 14.4. The summed E-state index contributed by atoms with van der Waals surface area (Å²) in [5.74, 6) is 0.540. The number of aryl methyl sites for hydroxylation is 1. The fourth-order valence-electron chi connectivity index (χ4n) is 2.64. The molecule has 0 bridgehead atoms. The summed E-state index contributed by atoms with van der Waals surface area (Å²) in [5, 5.41) is 4.44. The van der Waals surface area contributed by atoms with Gasteiger partial charge in [0.2, 0.25) is 0 Å². The maximum absolute atomic E-state index is 5.94. The maximum atomic E-state index is 5.94. The van der Waals surface area contributed by atoms with E-state index in [2.05, 4.69) is 36.3 Å². The van der Waals surface area contributed by atoms with Gasteiger partial charge in [-0.2, -0.15) is 5.10 Å². The Labute approximate surface area is 131 Å². The van der Waals surface area contributed by atoms with Crippen molar-refractivity contribution < 1.29 is 0 Å². The Hall–Kier alpha value is -2.55. The van der Waals surface area contributed by atoms with E-state index in [-0.39, 0.29) is 0 Å². The highest BCUT2D eigenvalue weighted by molar-refractivity contribution is 5.66. The van der Waals surface area contributed by atoms with E-state index >= 15 is 0 Å². The summed E-state index contributed by atoms with van der Waals surface area (Å²) >= 11 is 0. The van der Waals surface area contributed by atoms with E-state index in [0.29, 0.717) is 5.82 Å². The Bertz CT molecular complexity index is 744. The van der Waals surface area contributed by atoms with Crippen molar-refractivity contribution in [2.75, 3.05) is 5.73 Å². The van der Waals surface area contributed by atoms with Crippen molar-refractivity contribution in [1.29, 1.82) is 0 Å².